The molecule has 0 heterocycles. The Bertz CT molecular complexity index is 973. The fourth-order valence-electron chi connectivity index (χ4n) is 7.39. The molecule has 0 spiro atoms. The number of allylic oxidation sites excluding steroid dienone is 4. The second-order valence-electron chi connectivity index (χ2n) is 10.3. The van der Waals surface area contributed by atoms with Gasteiger partial charge in [0.2, 0.25) is 0 Å². The van der Waals surface area contributed by atoms with Gasteiger partial charge in [0, 0.05) is 16.7 Å². The summed E-state index contributed by atoms with van der Waals surface area (Å²) in [6.07, 6.45) is 3.54. The third-order valence-electron chi connectivity index (χ3n) is 9.00. The minimum atomic E-state index is -5.43. The van der Waals surface area contributed by atoms with Gasteiger partial charge in [0.05, 0.1) is 13.9 Å². The number of Topliss-reactive ketones (excluding diaryl/α,β-unsaturated/α-hetero) is 1. The standard InChI is InChI=1S/C22H30FO8P/c1-12-8-16-15-5-4-13-9-14(24)6-7-19(13,2)21(15,23)17(25)10-20(16,3)22(12,27)18(26)11-31-32(28,29)30/h6-7,9,12,15-17,25,27H,4-5,8,10-11H2,1-3H3,(H2,28,29,30)/p-2/t12-,15+,16+,17+,19+,20+,21+,22+/m1/s1. The fraction of sp³-hybridized carbons (Fsp3) is 0.727. The summed E-state index contributed by atoms with van der Waals surface area (Å²) in [5.74, 6) is -3.06. The summed E-state index contributed by atoms with van der Waals surface area (Å²) in [4.78, 5) is 46.6. The molecule has 2 N–H and O–H groups in total. The van der Waals surface area contributed by atoms with Crippen LogP contribution in [0.3, 0.4) is 0 Å². The molecule has 3 fully saturated rings. The van der Waals surface area contributed by atoms with Crippen molar-refractivity contribution in [3.8, 4) is 0 Å². The zero-order chi connectivity index (χ0) is 23.9. The molecule has 4 rings (SSSR count). The van der Waals surface area contributed by atoms with Crippen LogP contribution < -0.4 is 9.79 Å². The van der Waals surface area contributed by atoms with Crippen LogP contribution in [0.4, 0.5) is 4.39 Å². The van der Waals surface area contributed by atoms with Crippen LogP contribution in [-0.2, 0) is 18.7 Å². The Kier molecular flexibility index (Phi) is 5.34. The zero-order valence-electron chi connectivity index (χ0n) is 18.2. The second kappa shape index (κ2) is 7.14. The number of alkyl halides is 1. The van der Waals surface area contributed by atoms with E-state index in [-0.39, 0.29) is 18.6 Å². The lowest BCUT2D eigenvalue weighted by Gasteiger charge is -2.62. The largest absolute Gasteiger partial charge is 0.790 e. The predicted molar refractivity (Wildman–Crippen MR) is 106 cm³/mol. The number of aliphatic hydroxyl groups is 2. The average Bonchev–Trinajstić information content (AvgIpc) is 2.89. The van der Waals surface area contributed by atoms with Gasteiger partial charge in [0.25, 0.3) is 0 Å². The van der Waals surface area contributed by atoms with Crippen molar-refractivity contribution in [2.75, 3.05) is 6.61 Å². The molecule has 0 aliphatic heterocycles. The third kappa shape index (κ3) is 2.95. The van der Waals surface area contributed by atoms with Crippen LogP contribution in [-0.4, -0.2) is 45.8 Å². The first kappa shape index (κ1) is 23.9. The summed E-state index contributed by atoms with van der Waals surface area (Å²) < 4.78 is 32.0. The van der Waals surface area contributed by atoms with Gasteiger partial charge in [-0.25, -0.2) is 4.39 Å². The molecular weight excluding hydrogens is 442 g/mol. The number of rotatable bonds is 4. The molecule has 0 bridgehead atoms. The van der Waals surface area contributed by atoms with E-state index in [4.69, 9.17) is 0 Å². The van der Waals surface area contributed by atoms with E-state index in [0.717, 1.165) is 0 Å². The van der Waals surface area contributed by atoms with E-state index in [1.165, 1.54) is 18.2 Å². The lowest BCUT2D eigenvalue weighted by Crippen LogP contribution is -2.69. The van der Waals surface area contributed by atoms with Crippen molar-refractivity contribution < 1.29 is 43.1 Å². The molecule has 0 aromatic rings. The van der Waals surface area contributed by atoms with E-state index in [2.05, 4.69) is 4.52 Å². The van der Waals surface area contributed by atoms with Crippen molar-refractivity contribution in [1.29, 1.82) is 0 Å². The third-order valence-corrected chi connectivity index (χ3v) is 9.45. The van der Waals surface area contributed by atoms with Crippen LogP contribution in [0, 0.1) is 28.6 Å². The van der Waals surface area contributed by atoms with Crippen molar-refractivity contribution in [3.05, 3.63) is 23.8 Å². The summed E-state index contributed by atoms with van der Waals surface area (Å²) >= 11 is 0. The number of fused-ring (bicyclic) bond motifs is 5. The van der Waals surface area contributed by atoms with Gasteiger partial charge < -0.3 is 29.1 Å². The lowest BCUT2D eigenvalue weighted by atomic mass is 9.44. The van der Waals surface area contributed by atoms with E-state index in [0.29, 0.717) is 18.4 Å². The maximum absolute atomic E-state index is 17.0. The Morgan fingerprint density at radius 1 is 1.34 bits per heavy atom. The summed E-state index contributed by atoms with van der Waals surface area (Å²) in [6, 6.07) is 0. The number of hydrogen-bond acceptors (Lipinski definition) is 8. The molecule has 8 atom stereocenters. The molecule has 178 valence electrons. The molecule has 8 nitrogen and oxygen atoms in total. The van der Waals surface area contributed by atoms with Gasteiger partial charge >= 0.3 is 0 Å². The lowest BCUT2D eigenvalue weighted by molar-refractivity contribution is -0.341. The van der Waals surface area contributed by atoms with E-state index in [9.17, 15) is 34.2 Å². The molecule has 4 aliphatic rings. The SMILES string of the molecule is C[C@@H]1C[C@H]2[C@@H]3CCC4=CC(=O)C=C[C@]4(C)[C@@]3(F)[C@@H](O)C[C@]2(C)[C@@]1(O)C(=O)COP(=O)([O-])[O-]. The van der Waals surface area contributed by atoms with E-state index in [1.807, 2.05) is 0 Å². The second-order valence-corrected chi connectivity index (χ2v) is 11.5. The van der Waals surface area contributed by atoms with Crippen molar-refractivity contribution in [1.82, 2.24) is 0 Å². The monoisotopic (exact) mass is 470 g/mol. The highest BCUT2D eigenvalue weighted by Crippen LogP contribution is 2.70. The van der Waals surface area contributed by atoms with Gasteiger partial charge in [-0.15, -0.1) is 0 Å². The molecule has 3 saturated carbocycles. The molecule has 4 aliphatic carbocycles. The number of hydrogen-bond donors (Lipinski definition) is 2. The first-order chi connectivity index (χ1) is 14.6. The highest BCUT2D eigenvalue weighted by atomic mass is 31.2. The normalized spacial score (nSPS) is 48.0. The van der Waals surface area contributed by atoms with Crippen LogP contribution in [0.2, 0.25) is 0 Å². The maximum Gasteiger partial charge on any atom is 0.191 e. The Morgan fingerprint density at radius 2 is 2.00 bits per heavy atom. The van der Waals surface area contributed by atoms with Crippen LogP contribution in [0.5, 0.6) is 0 Å². The van der Waals surface area contributed by atoms with Gasteiger partial charge in [0.1, 0.15) is 12.2 Å². The number of carbonyl (C=O) groups is 2. The summed E-state index contributed by atoms with van der Waals surface area (Å²) in [6.45, 7) is 3.80. The molecular formula is C22H28FO8P-2. The molecule has 0 aromatic carbocycles. The Morgan fingerprint density at radius 3 is 2.62 bits per heavy atom. The average molecular weight is 470 g/mol. The Balaban J connectivity index is 1.74. The predicted octanol–water partition coefficient (Wildman–Crippen LogP) is 0.749. The molecule has 0 unspecified atom stereocenters. The minimum Gasteiger partial charge on any atom is -0.790 e. The molecule has 0 radical (unpaired) electrons. The number of halogens is 1. The number of phosphoric acid groups is 1. The highest BCUT2D eigenvalue weighted by Gasteiger charge is 2.75. The van der Waals surface area contributed by atoms with Crippen LogP contribution in [0.1, 0.15) is 46.5 Å². The van der Waals surface area contributed by atoms with E-state index in [1.54, 1.807) is 20.8 Å². The number of aliphatic hydroxyl groups excluding tert-OH is 1. The number of ketones is 2. The van der Waals surface area contributed by atoms with Gasteiger partial charge in [-0.05, 0) is 56.6 Å². The minimum absolute atomic E-state index is 0.224. The Labute approximate surface area is 185 Å². The van der Waals surface area contributed by atoms with E-state index >= 15 is 4.39 Å². The van der Waals surface area contributed by atoms with Crippen molar-refractivity contribution >= 4 is 19.4 Å². The quantitative estimate of drug-likeness (QED) is 0.572. The first-order valence-corrected chi connectivity index (χ1v) is 12.3. The van der Waals surface area contributed by atoms with Crippen LogP contribution in [0.25, 0.3) is 0 Å². The van der Waals surface area contributed by atoms with Gasteiger partial charge in [0.15, 0.2) is 17.2 Å². The van der Waals surface area contributed by atoms with Crippen LogP contribution in [0.15, 0.2) is 23.8 Å². The van der Waals surface area contributed by atoms with Gasteiger partial charge in [-0.3, -0.25) is 9.59 Å². The molecule has 0 saturated heterocycles. The molecule has 10 heteroatoms. The molecule has 0 aromatic heterocycles. The molecule has 32 heavy (non-hydrogen) atoms. The van der Waals surface area contributed by atoms with E-state index < -0.39 is 66.2 Å². The Hall–Kier alpha value is -1.22. The number of carbonyl (C=O) groups excluding carboxylic acids is 2. The summed E-state index contributed by atoms with van der Waals surface area (Å²) in [5, 5.41) is 22.8. The van der Waals surface area contributed by atoms with Crippen LogP contribution >= 0.6 is 7.82 Å². The zero-order valence-corrected chi connectivity index (χ0v) is 19.1. The summed E-state index contributed by atoms with van der Waals surface area (Å²) in [7, 11) is -5.43. The smallest absolute Gasteiger partial charge is 0.191 e. The fourth-order valence-corrected chi connectivity index (χ4v) is 7.66. The topological polar surface area (TPSA) is 147 Å². The van der Waals surface area contributed by atoms with Gasteiger partial charge in [-0.2, -0.15) is 0 Å². The maximum atomic E-state index is 17.0. The first-order valence-electron chi connectivity index (χ1n) is 10.8. The van der Waals surface area contributed by atoms with Crippen molar-refractivity contribution in [3.63, 3.8) is 0 Å². The van der Waals surface area contributed by atoms with Gasteiger partial charge in [-0.1, -0.05) is 25.5 Å². The summed E-state index contributed by atoms with van der Waals surface area (Å²) in [5.41, 5.74) is -6.03. The van der Waals surface area contributed by atoms with Crippen molar-refractivity contribution in [2.45, 2.75) is 63.8 Å². The highest BCUT2D eigenvalue weighted by molar-refractivity contribution is 7.43. The van der Waals surface area contributed by atoms with Crippen molar-refractivity contribution in [2.24, 2.45) is 28.6 Å². The number of phosphoric ester groups is 1. The molecule has 0 amide bonds.